The lowest BCUT2D eigenvalue weighted by atomic mass is 10.1. The van der Waals surface area contributed by atoms with Gasteiger partial charge in [0.1, 0.15) is 5.00 Å². The molecule has 144 valence electrons. The summed E-state index contributed by atoms with van der Waals surface area (Å²) >= 11 is 1.39. The molecule has 0 bridgehead atoms. The summed E-state index contributed by atoms with van der Waals surface area (Å²) in [6.07, 6.45) is 2.61. The smallest absolute Gasteiger partial charge is 0.341 e. The minimum absolute atomic E-state index is 0.0170. The van der Waals surface area contributed by atoms with Crippen LogP contribution in [-0.2, 0) is 22.4 Å². The van der Waals surface area contributed by atoms with Crippen molar-refractivity contribution >= 4 is 40.0 Å². The summed E-state index contributed by atoms with van der Waals surface area (Å²) in [6.45, 7) is -0.0170. The second kappa shape index (κ2) is 7.20. The zero-order chi connectivity index (χ0) is 19.8. The number of nitrogens with zero attached hydrogens (tertiary/aromatic N) is 1. The summed E-state index contributed by atoms with van der Waals surface area (Å²) in [5.74, 6) is -1.60. The number of hydrogen-bond donors (Lipinski definition) is 1. The largest absolute Gasteiger partial charge is 0.465 e. The van der Waals surface area contributed by atoms with Gasteiger partial charge in [-0.05, 0) is 37.0 Å². The van der Waals surface area contributed by atoms with E-state index in [4.69, 9.17) is 4.74 Å². The van der Waals surface area contributed by atoms with Gasteiger partial charge in [0.2, 0.25) is 5.91 Å². The van der Waals surface area contributed by atoms with E-state index in [1.807, 2.05) is 0 Å². The average Bonchev–Trinajstić information content (AvgIpc) is 3.33. The number of ether oxygens (including phenoxy) is 1. The number of esters is 1. The molecule has 0 unspecified atom stereocenters. The normalized spacial score (nSPS) is 14.8. The lowest BCUT2D eigenvalue weighted by Crippen LogP contribution is -2.32. The molecule has 0 radical (unpaired) electrons. The maximum absolute atomic E-state index is 12.4. The number of carbonyl (C=O) groups excluding carboxylic acids is 4. The van der Waals surface area contributed by atoms with E-state index in [1.165, 1.54) is 18.4 Å². The second-order valence-electron chi connectivity index (χ2n) is 6.66. The Balaban J connectivity index is 1.45. The third kappa shape index (κ3) is 2.99. The lowest BCUT2D eigenvalue weighted by molar-refractivity contribution is -0.116. The first-order chi connectivity index (χ1) is 13.5. The van der Waals surface area contributed by atoms with Crippen LogP contribution in [0.3, 0.4) is 0 Å². The molecule has 1 aromatic carbocycles. The molecule has 0 atom stereocenters. The molecular formula is C20H18N2O5S. The summed E-state index contributed by atoms with van der Waals surface area (Å²) in [4.78, 5) is 51.5. The number of rotatable bonds is 5. The van der Waals surface area contributed by atoms with E-state index in [2.05, 4.69) is 5.32 Å². The van der Waals surface area contributed by atoms with Gasteiger partial charge in [0.05, 0.1) is 23.8 Å². The van der Waals surface area contributed by atoms with Gasteiger partial charge < -0.3 is 10.1 Å². The van der Waals surface area contributed by atoms with Crippen LogP contribution in [0.5, 0.6) is 0 Å². The van der Waals surface area contributed by atoms with E-state index in [1.54, 1.807) is 24.3 Å². The number of aryl methyl sites for hydroxylation is 1. The molecule has 1 aliphatic carbocycles. The lowest BCUT2D eigenvalue weighted by Gasteiger charge is -2.13. The maximum atomic E-state index is 12.4. The highest BCUT2D eigenvalue weighted by atomic mass is 32.1. The van der Waals surface area contributed by atoms with Gasteiger partial charge in [0.15, 0.2) is 0 Å². The molecule has 1 aliphatic heterocycles. The van der Waals surface area contributed by atoms with Crippen molar-refractivity contribution in [3.63, 3.8) is 0 Å². The summed E-state index contributed by atoms with van der Waals surface area (Å²) in [5.41, 5.74) is 2.09. The molecule has 0 fully saturated rings. The number of hydrogen-bond acceptors (Lipinski definition) is 6. The SMILES string of the molecule is COC(=O)c1c(NC(=O)CCN2C(=O)c3ccccc3C2=O)sc2c1CCC2. The Kier molecular flexibility index (Phi) is 4.72. The van der Waals surface area contributed by atoms with Crippen molar-refractivity contribution in [3.8, 4) is 0 Å². The Morgan fingerprint density at radius 1 is 1.14 bits per heavy atom. The first-order valence-electron chi connectivity index (χ1n) is 8.99. The third-order valence-electron chi connectivity index (χ3n) is 5.00. The topological polar surface area (TPSA) is 92.8 Å². The average molecular weight is 398 g/mol. The molecule has 0 saturated carbocycles. The van der Waals surface area contributed by atoms with Crippen molar-refractivity contribution in [3.05, 3.63) is 51.4 Å². The molecule has 0 saturated heterocycles. The number of carbonyl (C=O) groups is 4. The number of amides is 3. The summed E-state index contributed by atoms with van der Waals surface area (Å²) in [7, 11) is 1.31. The zero-order valence-corrected chi connectivity index (χ0v) is 16.1. The van der Waals surface area contributed by atoms with Crippen molar-refractivity contribution in [2.24, 2.45) is 0 Å². The molecule has 7 nitrogen and oxygen atoms in total. The minimum Gasteiger partial charge on any atom is -0.465 e. The number of anilines is 1. The molecule has 1 N–H and O–H groups in total. The van der Waals surface area contributed by atoms with Crippen LogP contribution in [-0.4, -0.2) is 42.2 Å². The first kappa shape index (κ1) is 18.4. The summed E-state index contributed by atoms with van der Waals surface area (Å²) in [5, 5.41) is 3.24. The van der Waals surface area contributed by atoms with Crippen LogP contribution >= 0.6 is 11.3 Å². The number of thiophene rings is 1. The predicted molar refractivity (Wildman–Crippen MR) is 103 cm³/mol. The van der Waals surface area contributed by atoms with Crippen molar-refractivity contribution in [2.45, 2.75) is 25.7 Å². The fourth-order valence-corrected chi connectivity index (χ4v) is 4.95. The van der Waals surface area contributed by atoms with E-state index in [0.717, 1.165) is 34.6 Å². The van der Waals surface area contributed by atoms with Crippen LogP contribution in [0.4, 0.5) is 5.00 Å². The monoisotopic (exact) mass is 398 g/mol. The standard InChI is InChI=1S/C20H18N2O5S/c1-27-20(26)16-13-7-4-8-14(13)28-17(16)21-15(23)9-10-22-18(24)11-5-2-3-6-12(11)19(22)25/h2-3,5-6H,4,7-10H2,1H3,(H,21,23). The highest BCUT2D eigenvalue weighted by Gasteiger charge is 2.35. The third-order valence-corrected chi connectivity index (χ3v) is 6.21. The molecule has 2 aliphatic rings. The van der Waals surface area contributed by atoms with Gasteiger partial charge in [-0.2, -0.15) is 0 Å². The molecule has 3 amide bonds. The number of benzene rings is 1. The first-order valence-corrected chi connectivity index (χ1v) is 9.81. The van der Waals surface area contributed by atoms with Gasteiger partial charge in [0, 0.05) is 17.8 Å². The maximum Gasteiger partial charge on any atom is 0.341 e. The molecule has 2 heterocycles. The van der Waals surface area contributed by atoms with Gasteiger partial charge in [-0.15, -0.1) is 11.3 Å². The van der Waals surface area contributed by atoms with Crippen LogP contribution < -0.4 is 5.32 Å². The van der Waals surface area contributed by atoms with E-state index in [9.17, 15) is 19.2 Å². The predicted octanol–water partition coefficient (Wildman–Crippen LogP) is 2.65. The molecule has 1 aromatic heterocycles. The van der Waals surface area contributed by atoms with Crippen molar-refractivity contribution in [1.82, 2.24) is 4.90 Å². The molecule has 0 spiro atoms. The van der Waals surface area contributed by atoms with Crippen molar-refractivity contribution < 1.29 is 23.9 Å². The summed E-state index contributed by atoms with van der Waals surface area (Å²) < 4.78 is 4.87. The van der Waals surface area contributed by atoms with Gasteiger partial charge >= 0.3 is 5.97 Å². The van der Waals surface area contributed by atoms with Gasteiger partial charge in [0.25, 0.3) is 11.8 Å². The van der Waals surface area contributed by atoms with E-state index >= 15 is 0 Å². The fourth-order valence-electron chi connectivity index (χ4n) is 3.66. The molecule has 8 heteroatoms. The summed E-state index contributed by atoms with van der Waals surface area (Å²) in [6, 6.07) is 6.60. The van der Waals surface area contributed by atoms with Crippen LogP contribution in [0.15, 0.2) is 24.3 Å². The van der Waals surface area contributed by atoms with E-state index in [-0.39, 0.29) is 18.9 Å². The van der Waals surface area contributed by atoms with Gasteiger partial charge in [-0.3, -0.25) is 19.3 Å². The number of methoxy groups -OCH3 is 1. The Labute approximate surface area is 165 Å². The van der Waals surface area contributed by atoms with E-state index < -0.39 is 17.8 Å². The number of nitrogens with one attached hydrogen (secondary N) is 1. The molecule has 28 heavy (non-hydrogen) atoms. The zero-order valence-electron chi connectivity index (χ0n) is 15.2. The van der Waals surface area contributed by atoms with Gasteiger partial charge in [-0.1, -0.05) is 12.1 Å². The number of imide groups is 1. The molecular weight excluding hydrogens is 380 g/mol. The fraction of sp³-hybridized carbons (Fsp3) is 0.300. The van der Waals surface area contributed by atoms with Crippen LogP contribution in [0, 0.1) is 0 Å². The highest BCUT2D eigenvalue weighted by Crippen LogP contribution is 2.39. The molecule has 2 aromatic rings. The van der Waals surface area contributed by atoms with Crippen LogP contribution in [0.1, 0.15) is 54.4 Å². The Morgan fingerprint density at radius 3 is 2.46 bits per heavy atom. The van der Waals surface area contributed by atoms with Crippen LogP contribution in [0.2, 0.25) is 0 Å². The highest BCUT2D eigenvalue weighted by molar-refractivity contribution is 7.17. The van der Waals surface area contributed by atoms with Crippen LogP contribution in [0.25, 0.3) is 0 Å². The number of fused-ring (bicyclic) bond motifs is 2. The van der Waals surface area contributed by atoms with Gasteiger partial charge in [-0.25, -0.2) is 4.79 Å². The minimum atomic E-state index is -0.463. The Bertz CT molecular complexity index is 975. The Morgan fingerprint density at radius 2 is 1.82 bits per heavy atom. The van der Waals surface area contributed by atoms with Crippen molar-refractivity contribution in [1.29, 1.82) is 0 Å². The van der Waals surface area contributed by atoms with E-state index in [0.29, 0.717) is 21.7 Å². The second-order valence-corrected chi connectivity index (χ2v) is 7.76. The Hall–Kier alpha value is -3.00. The quantitative estimate of drug-likeness (QED) is 0.617. The molecule has 4 rings (SSSR count). The van der Waals surface area contributed by atoms with Crippen molar-refractivity contribution in [2.75, 3.05) is 19.0 Å².